The van der Waals surface area contributed by atoms with Gasteiger partial charge in [0.1, 0.15) is 17.4 Å². The molecular formula is C22H28BrN5O. The topological polar surface area (TPSA) is 60.0 Å². The Kier molecular flexibility index (Phi) is 5.02. The first-order chi connectivity index (χ1) is 14.1. The zero-order valence-corrected chi connectivity index (χ0v) is 18.4. The number of nitrogens with zero attached hydrogens (tertiary/aromatic N) is 3. The fourth-order valence-electron chi connectivity index (χ4n) is 5.01. The van der Waals surface area contributed by atoms with Gasteiger partial charge in [0.15, 0.2) is 6.17 Å². The molecule has 1 saturated heterocycles. The van der Waals surface area contributed by atoms with Crippen molar-refractivity contribution in [3.05, 3.63) is 45.8 Å². The maximum atomic E-state index is 13.3. The largest absolute Gasteiger partial charge is 0.365 e. The van der Waals surface area contributed by atoms with Gasteiger partial charge < -0.3 is 10.6 Å². The molecule has 0 aromatic heterocycles. The van der Waals surface area contributed by atoms with Gasteiger partial charge in [-0.3, -0.25) is 9.80 Å². The first-order valence-corrected chi connectivity index (χ1v) is 11.6. The van der Waals surface area contributed by atoms with Gasteiger partial charge in [-0.05, 0) is 43.4 Å². The van der Waals surface area contributed by atoms with Crippen molar-refractivity contribution in [2.75, 3.05) is 13.1 Å². The van der Waals surface area contributed by atoms with Crippen molar-refractivity contribution in [1.29, 1.82) is 0 Å². The summed E-state index contributed by atoms with van der Waals surface area (Å²) in [6.07, 6.45) is 6.59. The van der Waals surface area contributed by atoms with Crippen LogP contribution in [0, 0.1) is 5.92 Å². The van der Waals surface area contributed by atoms with Crippen LogP contribution in [0.5, 0.6) is 0 Å². The van der Waals surface area contributed by atoms with Gasteiger partial charge in [0.05, 0.1) is 0 Å². The molecular weight excluding hydrogens is 430 g/mol. The molecule has 2 unspecified atom stereocenters. The van der Waals surface area contributed by atoms with Gasteiger partial charge in [-0.25, -0.2) is 9.79 Å². The lowest BCUT2D eigenvalue weighted by molar-refractivity contribution is 0.146. The van der Waals surface area contributed by atoms with Gasteiger partial charge in [-0.2, -0.15) is 0 Å². The maximum Gasteiger partial charge on any atom is 0.327 e. The average molecular weight is 458 g/mol. The molecule has 4 aliphatic rings. The highest BCUT2D eigenvalue weighted by Gasteiger charge is 2.47. The SMILES string of the molecule is CCCN1C(=O)N2CC(Cc3ccc(Br)cc3)NC2=C2NC(C3CCCC3)=NC21. The first kappa shape index (κ1) is 19.0. The van der Waals surface area contributed by atoms with E-state index in [-0.39, 0.29) is 18.2 Å². The molecule has 1 aliphatic carbocycles. The van der Waals surface area contributed by atoms with Crippen LogP contribution in [-0.4, -0.2) is 47.0 Å². The molecule has 1 aromatic carbocycles. The minimum atomic E-state index is -0.191. The van der Waals surface area contributed by atoms with Crippen LogP contribution >= 0.6 is 15.9 Å². The van der Waals surface area contributed by atoms with Crippen LogP contribution in [-0.2, 0) is 6.42 Å². The number of carbonyl (C=O) groups excluding carboxylic acids is 1. The van der Waals surface area contributed by atoms with Crippen molar-refractivity contribution in [1.82, 2.24) is 20.4 Å². The lowest BCUT2D eigenvalue weighted by Gasteiger charge is -2.36. The molecule has 29 heavy (non-hydrogen) atoms. The Bertz CT molecular complexity index is 858. The van der Waals surface area contributed by atoms with Gasteiger partial charge in [0.2, 0.25) is 0 Å². The number of hydrogen-bond acceptors (Lipinski definition) is 4. The maximum absolute atomic E-state index is 13.3. The monoisotopic (exact) mass is 457 g/mol. The van der Waals surface area contributed by atoms with Gasteiger partial charge in [-0.1, -0.05) is 47.8 Å². The lowest BCUT2D eigenvalue weighted by Crippen LogP contribution is -2.53. The molecule has 1 aromatic rings. The zero-order valence-electron chi connectivity index (χ0n) is 16.8. The van der Waals surface area contributed by atoms with E-state index in [0.29, 0.717) is 12.5 Å². The number of halogens is 1. The Morgan fingerprint density at radius 1 is 1.21 bits per heavy atom. The first-order valence-electron chi connectivity index (χ1n) is 10.8. The highest BCUT2D eigenvalue weighted by atomic mass is 79.9. The van der Waals surface area contributed by atoms with E-state index in [0.717, 1.165) is 41.2 Å². The Morgan fingerprint density at radius 2 is 1.97 bits per heavy atom. The van der Waals surface area contributed by atoms with Crippen LogP contribution < -0.4 is 10.6 Å². The molecule has 2 N–H and O–H groups in total. The van der Waals surface area contributed by atoms with Crippen LogP contribution in [0.25, 0.3) is 0 Å². The van der Waals surface area contributed by atoms with Crippen LogP contribution in [0.4, 0.5) is 4.79 Å². The third kappa shape index (κ3) is 3.43. The summed E-state index contributed by atoms with van der Waals surface area (Å²) in [5.74, 6) is 2.54. The quantitative estimate of drug-likeness (QED) is 0.706. The fourth-order valence-corrected chi connectivity index (χ4v) is 5.27. The molecule has 2 amide bonds. The molecule has 3 aliphatic heterocycles. The minimum absolute atomic E-state index is 0.0830. The van der Waals surface area contributed by atoms with E-state index >= 15 is 0 Å². The van der Waals surface area contributed by atoms with E-state index in [1.165, 1.54) is 31.2 Å². The number of benzene rings is 1. The van der Waals surface area contributed by atoms with Crippen molar-refractivity contribution < 1.29 is 4.79 Å². The summed E-state index contributed by atoms with van der Waals surface area (Å²) in [7, 11) is 0. The summed E-state index contributed by atoms with van der Waals surface area (Å²) in [4.78, 5) is 22.2. The second-order valence-electron chi connectivity index (χ2n) is 8.52. The minimum Gasteiger partial charge on any atom is -0.365 e. The molecule has 0 bridgehead atoms. The Hall–Kier alpha value is -2.02. The van der Waals surface area contributed by atoms with Crippen LogP contribution in [0.2, 0.25) is 0 Å². The summed E-state index contributed by atoms with van der Waals surface area (Å²) in [6.45, 7) is 3.55. The molecule has 1 saturated carbocycles. The third-order valence-electron chi connectivity index (χ3n) is 6.42. The predicted molar refractivity (Wildman–Crippen MR) is 117 cm³/mol. The van der Waals surface area contributed by atoms with Crippen LogP contribution in [0.3, 0.4) is 0 Å². The van der Waals surface area contributed by atoms with E-state index in [4.69, 9.17) is 4.99 Å². The van der Waals surface area contributed by atoms with E-state index in [1.807, 2.05) is 9.80 Å². The molecule has 2 atom stereocenters. The molecule has 154 valence electrons. The molecule has 6 nitrogen and oxygen atoms in total. The van der Waals surface area contributed by atoms with Crippen molar-refractivity contribution in [2.24, 2.45) is 10.9 Å². The van der Waals surface area contributed by atoms with E-state index in [2.05, 4.69) is 57.8 Å². The standard InChI is InChI=1S/C22H28BrN5O/c1-2-11-27-21-18(25-19(26-21)15-5-3-4-6-15)20-24-17(13-28(20)22(27)29)12-14-7-9-16(23)10-8-14/h7-10,15,17,21,24H,2-6,11-13H2,1H3,(H,25,26). The van der Waals surface area contributed by atoms with Crippen LogP contribution in [0.15, 0.2) is 45.2 Å². The number of amidine groups is 1. The average Bonchev–Trinajstić information content (AvgIpc) is 3.45. The number of fused-ring (bicyclic) bond motifs is 2. The number of hydrogen-bond donors (Lipinski definition) is 2. The second kappa shape index (κ2) is 7.67. The lowest BCUT2D eigenvalue weighted by atomic mass is 10.1. The Morgan fingerprint density at radius 3 is 2.69 bits per heavy atom. The number of aliphatic imine (C=N–C) groups is 1. The van der Waals surface area contributed by atoms with E-state index in [9.17, 15) is 4.79 Å². The normalized spacial score (nSPS) is 26.4. The fraction of sp³-hybridized carbons (Fsp3) is 0.545. The number of rotatable bonds is 5. The summed E-state index contributed by atoms with van der Waals surface area (Å²) in [6, 6.07) is 8.73. The number of nitrogens with one attached hydrogen (secondary N) is 2. The highest BCUT2D eigenvalue weighted by Crippen LogP contribution is 2.35. The Balaban J connectivity index is 1.41. The zero-order chi connectivity index (χ0) is 20.0. The van der Waals surface area contributed by atoms with Crippen LogP contribution in [0.1, 0.15) is 44.6 Å². The molecule has 7 heteroatoms. The number of carbonyl (C=O) groups is 1. The molecule has 5 rings (SSSR count). The third-order valence-corrected chi connectivity index (χ3v) is 6.95. The van der Waals surface area contributed by atoms with Crippen molar-refractivity contribution in [3.8, 4) is 0 Å². The van der Waals surface area contributed by atoms with Crippen molar-refractivity contribution in [2.45, 2.75) is 57.7 Å². The predicted octanol–water partition coefficient (Wildman–Crippen LogP) is 3.80. The summed E-state index contributed by atoms with van der Waals surface area (Å²) < 4.78 is 1.09. The second-order valence-corrected chi connectivity index (χ2v) is 9.43. The highest BCUT2D eigenvalue weighted by molar-refractivity contribution is 9.10. The molecule has 0 spiro atoms. The van der Waals surface area contributed by atoms with Gasteiger partial charge in [0.25, 0.3) is 0 Å². The van der Waals surface area contributed by atoms with Gasteiger partial charge >= 0.3 is 6.03 Å². The van der Waals surface area contributed by atoms with Crippen molar-refractivity contribution >= 4 is 27.8 Å². The Labute approximate surface area is 180 Å². The molecule has 0 radical (unpaired) electrons. The van der Waals surface area contributed by atoms with Gasteiger partial charge in [0, 0.05) is 29.5 Å². The smallest absolute Gasteiger partial charge is 0.327 e. The summed E-state index contributed by atoms with van der Waals surface area (Å²) in [5.41, 5.74) is 2.34. The number of amides is 2. The molecule has 3 heterocycles. The van der Waals surface area contributed by atoms with E-state index < -0.39 is 0 Å². The van der Waals surface area contributed by atoms with Gasteiger partial charge in [-0.15, -0.1) is 0 Å². The summed E-state index contributed by atoms with van der Waals surface area (Å²) >= 11 is 3.50. The summed E-state index contributed by atoms with van der Waals surface area (Å²) in [5, 5.41) is 7.27. The number of urea groups is 1. The van der Waals surface area contributed by atoms with E-state index in [1.54, 1.807) is 0 Å². The molecule has 2 fully saturated rings. The van der Waals surface area contributed by atoms with Crippen molar-refractivity contribution in [3.63, 3.8) is 0 Å².